The Morgan fingerprint density at radius 2 is 2.10 bits per heavy atom. The molecule has 0 atom stereocenters. The van der Waals surface area contributed by atoms with Crippen molar-refractivity contribution in [2.75, 3.05) is 19.0 Å². The smallest absolute Gasteiger partial charge is 0.138 e. The molecule has 0 saturated heterocycles. The van der Waals surface area contributed by atoms with Crippen LogP contribution in [0.2, 0.25) is 5.02 Å². The molecule has 5 heteroatoms. The van der Waals surface area contributed by atoms with Crippen molar-refractivity contribution in [1.29, 1.82) is 0 Å². The van der Waals surface area contributed by atoms with Gasteiger partial charge in [0.15, 0.2) is 0 Å². The van der Waals surface area contributed by atoms with E-state index in [4.69, 9.17) is 21.3 Å². The lowest BCUT2D eigenvalue weighted by atomic mass is 10.1. The number of halogens is 1. The Balaban J connectivity index is 2.03. The summed E-state index contributed by atoms with van der Waals surface area (Å²) in [5, 5.41) is 3.87. The van der Waals surface area contributed by atoms with Gasteiger partial charge in [-0.3, -0.25) is 0 Å². The number of hydrogen-bond acceptors (Lipinski definition) is 4. The van der Waals surface area contributed by atoms with E-state index in [-0.39, 0.29) is 0 Å². The largest absolute Gasteiger partial charge is 0.495 e. The van der Waals surface area contributed by atoms with E-state index in [0.29, 0.717) is 16.7 Å². The van der Waals surface area contributed by atoms with E-state index < -0.39 is 0 Å². The molecule has 110 valence electrons. The first-order valence-corrected chi connectivity index (χ1v) is 7.55. The topological polar surface area (TPSA) is 47.0 Å². The second kappa shape index (κ2) is 5.90. The maximum atomic E-state index is 6.09. The molecule has 0 radical (unpaired) electrons. The van der Waals surface area contributed by atoms with Gasteiger partial charge in [0.1, 0.15) is 17.4 Å². The quantitative estimate of drug-likeness (QED) is 0.903. The molecule has 0 spiro atoms. The third kappa shape index (κ3) is 3.10. The Labute approximate surface area is 129 Å². The number of hydrogen-bond donors (Lipinski definition) is 1. The highest BCUT2D eigenvalue weighted by Crippen LogP contribution is 2.39. The van der Waals surface area contributed by atoms with Gasteiger partial charge in [0, 0.05) is 24.1 Å². The van der Waals surface area contributed by atoms with Crippen molar-refractivity contribution in [2.45, 2.75) is 25.7 Å². The van der Waals surface area contributed by atoms with Gasteiger partial charge in [-0.05, 0) is 31.9 Å². The van der Waals surface area contributed by atoms with Gasteiger partial charge in [-0.1, -0.05) is 17.7 Å². The summed E-state index contributed by atoms with van der Waals surface area (Å²) in [4.78, 5) is 9.29. The highest BCUT2D eigenvalue weighted by atomic mass is 35.5. The standard InChI is InChI=1S/C16H18ClN3O/c1-3-18-15-9-13(19-16(20-15)10-4-5-10)11-6-7-12(17)14(8-11)21-2/h6-10H,3-5H2,1-2H3,(H,18,19,20). The van der Waals surface area contributed by atoms with Crippen LogP contribution in [0.15, 0.2) is 24.3 Å². The number of ether oxygens (including phenoxy) is 1. The number of nitrogens with one attached hydrogen (secondary N) is 1. The minimum atomic E-state index is 0.511. The van der Waals surface area contributed by atoms with E-state index >= 15 is 0 Å². The number of anilines is 1. The van der Waals surface area contributed by atoms with Crippen LogP contribution in [0.1, 0.15) is 31.5 Å². The first-order valence-electron chi connectivity index (χ1n) is 7.18. The van der Waals surface area contributed by atoms with Crippen molar-refractivity contribution in [1.82, 2.24) is 9.97 Å². The molecule has 1 N–H and O–H groups in total. The van der Waals surface area contributed by atoms with Crippen LogP contribution in [0.3, 0.4) is 0 Å². The Kier molecular flexibility index (Phi) is 3.97. The van der Waals surface area contributed by atoms with E-state index in [2.05, 4.69) is 17.2 Å². The lowest BCUT2D eigenvalue weighted by molar-refractivity contribution is 0.415. The fourth-order valence-corrected chi connectivity index (χ4v) is 2.42. The lowest BCUT2D eigenvalue weighted by Gasteiger charge is -2.10. The van der Waals surface area contributed by atoms with Gasteiger partial charge in [-0.25, -0.2) is 9.97 Å². The molecule has 1 aromatic carbocycles. The number of aromatic nitrogens is 2. The Morgan fingerprint density at radius 1 is 1.29 bits per heavy atom. The van der Waals surface area contributed by atoms with Crippen molar-refractivity contribution in [3.63, 3.8) is 0 Å². The molecular weight excluding hydrogens is 286 g/mol. The molecule has 3 rings (SSSR count). The Bertz CT molecular complexity index is 656. The molecule has 4 nitrogen and oxygen atoms in total. The third-order valence-electron chi connectivity index (χ3n) is 3.49. The van der Waals surface area contributed by atoms with Crippen molar-refractivity contribution >= 4 is 17.4 Å². The average Bonchev–Trinajstić information content (AvgIpc) is 3.32. The lowest BCUT2D eigenvalue weighted by Crippen LogP contribution is -2.04. The molecule has 21 heavy (non-hydrogen) atoms. The zero-order chi connectivity index (χ0) is 14.8. The second-order valence-electron chi connectivity index (χ2n) is 5.15. The molecule has 1 fully saturated rings. The molecule has 2 aromatic rings. The van der Waals surface area contributed by atoms with E-state index in [1.165, 1.54) is 12.8 Å². The van der Waals surface area contributed by atoms with Gasteiger partial charge in [-0.2, -0.15) is 0 Å². The van der Waals surface area contributed by atoms with Crippen LogP contribution in [-0.2, 0) is 0 Å². The van der Waals surface area contributed by atoms with E-state index in [0.717, 1.165) is 29.4 Å². The monoisotopic (exact) mass is 303 g/mol. The van der Waals surface area contributed by atoms with Crippen molar-refractivity contribution in [3.05, 3.63) is 35.1 Å². The summed E-state index contributed by atoms with van der Waals surface area (Å²) in [6, 6.07) is 7.68. The zero-order valence-corrected chi connectivity index (χ0v) is 12.9. The molecule has 0 amide bonds. The number of nitrogens with zero attached hydrogens (tertiary/aromatic N) is 2. The molecular formula is C16H18ClN3O. The van der Waals surface area contributed by atoms with Crippen molar-refractivity contribution < 1.29 is 4.74 Å². The van der Waals surface area contributed by atoms with E-state index in [1.54, 1.807) is 7.11 Å². The van der Waals surface area contributed by atoms with Gasteiger partial charge in [-0.15, -0.1) is 0 Å². The summed E-state index contributed by atoms with van der Waals surface area (Å²) < 4.78 is 5.28. The van der Waals surface area contributed by atoms with Crippen LogP contribution in [0, 0.1) is 0 Å². The average molecular weight is 304 g/mol. The maximum Gasteiger partial charge on any atom is 0.138 e. The summed E-state index contributed by atoms with van der Waals surface area (Å²) in [6.07, 6.45) is 2.36. The van der Waals surface area contributed by atoms with Gasteiger partial charge in [0.2, 0.25) is 0 Å². The molecule has 0 unspecified atom stereocenters. The first-order chi connectivity index (χ1) is 10.2. The molecule has 0 aliphatic heterocycles. The fourth-order valence-electron chi connectivity index (χ4n) is 2.23. The Morgan fingerprint density at radius 3 is 2.76 bits per heavy atom. The SMILES string of the molecule is CCNc1cc(-c2ccc(Cl)c(OC)c2)nc(C2CC2)n1. The molecule has 1 saturated carbocycles. The predicted molar refractivity (Wildman–Crippen MR) is 85.2 cm³/mol. The zero-order valence-electron chi connectivity index (χ0n) is 12.2. The summed E-state index contributed by atoms with van der Waals surface area (Å²) in [6.45, 7) is 2.90. The third-order valence-corrected chi connectivity index (χ3v) is 3.80. The normalized spacial score (nSPS) is 14.0. The molecule has 1 aromatic heterocycles. The van der Waals surface area contributed by atoms with Crippen LogP contribution in [-0.4, -0.2) is 23.6 Å². The van der Waals surface area contributed by atoms with Crippen molar-refractivity contribution in [3.8, 4) is 17.0 Å². The van der Waals surface area contributed by atoms with Crippen LogP contribution >= 0.6 is 11.6 Å². The number of benzene rings is 1. The van der Waals surface area contributed by atoms with Gasteiger partial charge in [0.25, 0.3) is 0 Å². The van der Waals surface area contributed by atoms with E-state index in [9.17, 15) is 0 Å². The van der Waals surface area contributed by atoms with Crippen LogP contribution in [0.4, 0.5) is 5.82 Å². The van der Waals surface area contributed by atoms with Crippen LogP contribution < -0.4 is 10.1 Å². The Hall–Kier alpha value is -1.81. The minimum absolute atomic E-state index is 0.511. The number of rotatable bonds is 5. The van der Waals surface area contributed by atoms with Gasteiger partial charge in [0.05, 0.1) is 17.8 Å². The fraction of sp³-hybridized carbons (Fsp3) is 0.375. The maximum absolute atomic E-state index is 6.09. The molecule has 1 heterocycles. The minimum Gasteiger partial charge on any atom is -0.495 e. The number of methoxy groups -OCH3 is 1. The summed E-state index contributed by atoms with van der Waals surface area (Å²) in [5.74, 6) is 2.97. The van der Waals surface area contributed by atoms with Gasteiger partial charge < -0.3 is 10.1 Å². The second-order valence-corrected chi connectivity index (χ2v) is 5.56. The summed E-state index contributed by atoms with van der Waals surface area (Å²) in [5.41, 5.74) is 1.89. The summed E-state index contributed by atoms with van der Waals surface area (Å²) in [7, 11) is 1.62. The first kappa shape index (κ1) is 14.1. The molecule has 1 aliphatic carbocycles. The summed E-state index contributed by atoms with van der Waals surface area (Å²) >= 11 is 6.09. The van der Waals surface area contributed by atoms with Crippen molar-refractivity contribution in [2.24, 2.45) is 0 Å². The van der Waals surface area contributed by atoms with Crippen LogP contribution in [0.25, 0.3) is 11.3 Å². The highest BCUT2D eigenvalue weighted by molar-refractivity contribution is 6.32. The molecule has 0 bridgehead atoms. The van der Waals surface area contributed by atoms with E-state index in [1.807, 2.05) is 24.3 Å². The van der Waals surface area contributed by atoms with Crippen LogP contribution in [0.5, 0.6) is 5.75 Å². The van der Waals surface area contributed by atoms with Gasteiger partial charge >= 0.3 is 0 Å². The highest BCUT2D eigenvalue weighted by Gasteiger charge is 2.27. The molecule has 1 aliphatic rings. The predicted octanol–water partition coefficient (Wildman–Crippen LogP) is 4.11.